The van der Waals surface area contributed by atoms with Gasteiger partial charge in [-0.2, -0.15) is 9.57 Å². The number of hydrogen-bond donors (Lipinski definition) is 0. The number of rotatable bonds is 5. The van der Waals surface area contributed by atoms with Crippen LogP contribution in [0.15, 0.2) is 24.3 Å². The second-order valence-corrected chi connectivity index (χ2v) is 8.39. The van der Waals surface area contributed by atoms with Crippen molar-refractivity contribution in [3.63, 3.8) is 0 Å². The topological polar surface area (TPSA) is 81.5 Å². The zero-order chi connectivity index (χ0) is 17.9. The molecular weight excluding hydrogens is 326 g/mol. The van der Waals surface area contributed by atoms with E-state index < -0.39 is 16.1 Å². The first kappa shape index (κ1) is 18.4. The Morgan fingerprint density at radius 2 is 2.04 bits per heavy atom. The van der Waals surface area contributed by atoms with Crippen LogP contribution in [0, 0.1) is 17.2 Å². The van der Waals surface area contributed by atoms with Crippen molar-refractivity contribution in [1.29, 1.82) is 5.26 Å². The third kappa shape index (κ3) is 3.77. The Morgan fingerprint density at radius 1 is 1.42 bits per heavy atom. The van der Waals surface area contributed by atoms with Crippen LogP contribution < -0.4 is 0 Å². The SMILES string of the molecule is CCS(=O)(=O)N1Cc2ccccc2C[C@@H]1C(=O)N(C)C[C@@H](C)C#N. The number of amides is 1. The van der Waals surface area contributed by atoms with E-state index in [0.29, 0.717) is 6.42 Å². The molecule has 0 spiro atoms. The van der Waals surface area contributed by atoms with Gasteiger partial charge in [-0.3, -0.25) is 4.79 Å². The van der Waals surface area contributed by atoms with Crippen LogP contribution in [-0.2, 0) is 27.8 Å². The Morgan fingerprint density at radius 3 is 2.62 bits per heavy atom. The van der Waals surface area contributed by atoms with Crippen molar-refractivity contribution in [3.8, 4) is 6.07 Å². The summed E-state index contributed by atoms with van der Waals surface area (Å²) >= 11 is 0. The average Bonchev–Trinajstić information content (AvgIpc) is 2.59. The molecule has 1 aliphatic heterocycles. The number of nitrogens with zero attached hydrogens (tertiary/aromatic N) is 3. The van der Waals surface area contributed by atoms with Crippen LogP contribution in [0.2, 0.25) is 0 Å². The number of fused-ring (bicyclic) bond motifs is 1. The molecule has 24 heavy (non-hydrogen) atoms. The molecule has 0 unspecified atom stereocenters. The zero-order valence-electron chi connectivity index (χ0n) is 14.3. The fourth-order valence-corrected chi connectivity index (χ4v) is 4.18. The van der Waals surface area contributed by atoms with Crippen LogP contribution in [0.3, 0.4) is 0 Å². The van der Waals surface area contributed by atoms with E-state index in [2.05, 4.69) is 6.07 Å². The minimum atomic E-state index is -3.50. The van der Waals surface area contributed by atoms with E-state index in [1.165, 1.54) is 9.21 Å². The standard InChI is InChI=1S/C17H23N3O3S/c1-4-24(22,23)20-12-15-8-6-5-7-14(15)9-16(20)17(21)19(3)11-13(2)10-18/h5-8,13,16H,4,9,11-12H2,1-3H3/t13-,16+/m0/s1. The van der Waals surface area contributed by atoms with E-state index in [1.807, 2.05) is 24.3 Å². The van der Waals surface area contributed by atoms with Crippen molar-refractivity contribution in [3.05, 3.63) is 35.4 Å². The lowest BCUT2D eigenvalue weighted by molar-refractivity contribution is -0.134. The Bertz CT molecular complexity index is 755. The van der Waals surface area contributed by atoms with E-state index in [4.69, 9.17) is 5.26 Å². The van der Waals surface area contributed by atoms with Gasteiger partial charge in [0, 0.05) is 20.1 Å². The van der Waals surface area contributed by atoms with Crippen molar-refractivity contribution in [2.45, 2.75) is 32.9 Å². The van der Waals surface area contributed by atoms with Gasteiger partial charge in [0.2, 0.25) is 15.9 Å². The normalized spacial score (nSPS) is 19.2. The van der Waals surface area contributed by atoms with Gasteiger partial charge < -0.3 is 4.90 Å². The van der Waals surface area contributed by atoms with Crippen LogP contribution in [0.25, 0.3) is 0 Å². The van der Waals surface area contributed by atoms with Gasteiger partial charge in [0.15, 0.2) is 0 Å². The van der Waals surface area contributed by atoms with E-state index >= 15 is 0 Å². The first-order valence-corrected chi connectivity index (χ1v) is 9.62. The molecule has 7 heteroatoms. The molecule has 0 aromatic heterocycles. The highest BCUT2D eigenvalue weighted by Gasteiger charge is 2.39. The lowest BCUT2D eigenvalue weighted by Crippen LogP contribution is -2.53. The molecule has 0 N–H and O–H groups in total. The quantitative estimate of drug-likeness (QED) is 0.804. The number of carbonyl (C=O) groups excluding carboxylic acids is 1. The second kappa shape index (κ2) is 7.32. The molecular formula is C17H23N3O3S. The summed E-state index contributed by atoms with van der Waals surface area (Å²) in [6.45, 7) is 3.82. The number of hydrogen-bond acceptors (Lipinski definition) is 4. The van der Waals surface area contributed by atoms with Gasteiger partial charge in [-0.15, -0.1) is 0 Å². The zero-order valence-corrected chi connectivity index (χ0v) is 15.1. The summed E-state index contributed by atoms with van der Waals surface area (Å²) in [6.07, 6.45) is 0.361. The van der Waals surface area contributed by atoms with Crippen molar-refractivity contribution < 1.29 is 13.2 Å². The van der Waals surface area contributed by atoms with Crippen LogP contribution in [0.4, 0.5) is 0 Å². The van der Waals surface area contributed by atoms with E-state index in [1.54, 1.807) is 20.9 Å². The highest BCUT2D eigenvalue weighted by atomic mass is 32.2. The van der Waals surface area contributed by atoms with E-state index in [9.17, 15) is 13.2 Å². The molecule has 0 saturated heterocycles. The Kier molecular flexibility index (Phi) is 5.62. The second-order valence-electron chi connectivity index (χ2n) is 6.18. The van der Waals surface area contributed by atoms with Gasteiger partial charge in [0.1, 0.15) is 6.04 Å². The molecule has 0 radical (unpaired) electrons. The summed E-state index contributed by atoms with van der Waals surface area (Å²) in [4.78, 5) is 14.3. The fourth-order valence-electron chi connectivity index (χ4n) is 2.96. The molecule has 0 aliphatic carbocycles. The summed E-state index contributed by atoms with van der Waals surface area (Å²) < 4.78 is 26.3. The van der Waals surface area contributed by atoms with Crippen molar-refractivity contribution in [2.24, 2.45) is 5.92 Å². The van der Waals surface area contributed by atoms with Crippen molar-refractivity contribution >= 4 is 15.9 Å². The molecule has 2 rings (SSSR count). The Hall–Kier alpha value is -1.91. The van der Waals surface area contributed by atoms with Gasteiger partial charge in [-0.25, -0.2) is 8.42 Å². The van der Waals surface area contributed by atoms with Gasteiger partial charge in [0.25, 0.3) is 0 Å². The maximum Gasteiger partial charge on any atom is 0.241 e. The van der Waals surface area contributed by atoms with Gasteiger partial charge in [-0.05, 0) is 31.4 Å². The smallest absolute Gasteiger partial charge is 0.241 e. The molecule has 1 aliphatic rings. The lowest BCUT2D eigenvalue weighted by Gasteiger charge is -2.36. The number of nitriles is 1. The van der Waals surface area contributed by atoms with Crippen LogP contribution in [0.5, 0.6) is 0 Å². The Balaban J connectivity index is 2.34. The molecule has 1 aromatic rings. The van der Waals surface area contributed by atoms with Crippen LogP contribution in [-0.4, -0.2) is 48.9 Å². The average molecular weight is 349 g/mol. The van der Waals surface area contributed by atoms with E-state index in [-0.39, 0.29) is 30.7 Å². The molecule has 0 fully saturated rings. The Labute approximate surface area is 143 Å². The molecule has 6 nitrogen and oxygen atoms in total. The first-order valence-electron chi connectivity index (χ1n) is 8.01. The summed E-state index contributed by atoms with van der Waals surface area (Å²) in [5.41, 5.74) is 1.94. The van der Waals surface area contributed by atoms with Crippen LogP contribution >= 0.6 is 0 Å². The fraction of sp³-hybridized carbons (Fsp3) is 0.529. The van der Waals surface area contributed by atoms with Crippen molar-refractivity contribution in [2.75, 3.05) is 19.3 Å². The van der Waals surface area contributed by atoms with E-state index in [0.717, 1.165) is 11.1 Å². The predicted molar refractivity (Wildman–Crippen MR) is 91.4 cm³/mol. The number of sulfonamides is 1. The molecule has 0 saturated carbocycles. The summed E-state index contributed by atoms with van der Waals surface area (Å²) in [5.74, 6) is -0.605. The maximum absolute atomic E-state index is 12.8. The van der Waals surface area contributed by atoms with Gasteiger partial charge in [-0.1, -0.05) is 24.3 Å². The predicted octanol–water partition coefficient (Wildman–Crippen LogP) is 1.38. The van der Waals surface area contributed by atoms with Gasteiger partial charge in [0.05, 0.1) is 17.7 Å². The third-order valence-electron chi connectivity index (χ3n) is 4.36. The highest BCUT2D eigenvalue weighted by molar-refractivity contribution is 7.89. The minimum absolute atomic E-state index is 0.0444. The maximum atomic E-state index is 12.8. The van der Waals surface area contributed by atoms with Crippen molar-refractivity contribution in [1.82, 2.24) is 9.21 Å². The largest absolute Gasteiger partial charge is 0.343 e. The monoisotopic (exact) mass is 349 g/mol. The number of likely N-dealkylation sites (N-methyl/N-ethyl adjacent to an activating group) is 1. The first-order chi connectivity index (χ1) is 11.3. The summed E-state index contributed by atoms with van der Waals surface area (Å²) in [7, 11) is -1.89. The highest BCUT2D eigenvalue weighted by Crippen LogP contribution is 2.27. The molecule has 2 atom stereocenters. The number of carbonyl (C=O) groups is 1. The number of benzene rings is 1. The van der Waals surface area contributed by atoms with Gasteiger partial charge >= 0.3 is 0 Å². The summed E-state index contributed by atoms with van der Waals surface area (Å²) in [5, 5.41) is 8.93. The van der Waals surface area contributed by atoms with Crippen LogP contribution in [0.1, 0.15) is 25.0 Å². The molecule has 1 amide bonds. The molecule has 1 aromatic carbocycles. The molecule has 1 heterocycles. The molecule has 0 bridgehead atoms. The lowest BCUT2D eigenvalue weighted by atomic mass is 9.95. The summed E-state index contributed by atoms with van der Waals surface area (Å²) in [6, 6.07) is 8.95. The minimum Gasteiger partial charge on any atom is -0.343 e. The third-order valence-corrected chi connectivity index (χ3v) is 6.18. The molecule has 130 valence electrons.